The van der Waals surface area contributed by atoms with Crippen molar-refractivity contribution in [2.75, 3.05) is 130 Å². The largest absolute Gasteiger partial charge is 2.00 e. The molecule has 0 saturated heterocycles. The summed E-state index contributed by atoms with van der Waals surface area (Å²) in [7, 11) is -3.47. The van der Waals surface area contributed by atoms with E-state index in [1.54, 1.807) is 56.4 Å². The molecule has 9 aromatic rings. The van der Waals surface area contributed by atoms with Gasteiger partial charge < -0.3 is 81.6 Å². The quantitative estimate of drug-likeness (QED) is 0.00849. The normalized spacial score (nSPS) is 12.2. The first kappa shape index (κ1) is 92.0. The average Bonchev–Trinajstić information content (AvgIpc) is 1.61. The number of carbonyl (C=O) groups excluding carboxylic acids is 3. The van der Waals surface area contributed by atoms with Gasteiger partial charge in [0.25, 0.3) is 5.91 Å². The summed E-state index contributed by atoms with van der Waals surface area (Å²) < 4.78 is 74.6. The van der Waals surface area contributed by atoms with Crippen molar-refractivity contribution >= 4 is 124 Å². The van der Waals surface area contributed by atoms with Crippen LogP contribution in [0.15, 0.2) is 158 Å². The van der Waals surface area contributed by atoms with E-state index in [9.17, 15) is 18.6 Å². The first-order valence-electron chi connectivity index (χ1n) is 35.2. The molecular formula is C77H98CuN14O14S4. The molecule has 33 heteroatoms. The summed E-state index contributed by atoms with van der Waals surface area (Å²) in [6.45, 7) is 20.7. The number of aromatic nitrogens is 8. The number of fused-ring (bicyclic) bond motifs is 20. The van der Waals surface area contributed by atoms with E-state index >= 15 is 0 Å². The minimum absolute atomic E-state index is 0. The van der Waals surface area contributed by atoms with E-state index in [1.165, 1.54) is 24.1 Å². The van der Waals surface area contributed by atoms with Crippen LogP contribution in [0.25, 0.3) is 89.7 Å². The van der Waals surface area contributed by atoms with E-state index in [-0.39, 0.29) is 34.8 Å². The molecule has 28 nitrogen and oxygen atoms in total. The Hall–Kier alpha value is -8.64. The van der Waals surface area contributed by atoms with Gasteiger partial charge in [-0.25, -0.2) is 28.7 Å². The first-order chi connectivity index (χ1) is 52.6. The fourth-order valence-electron chi connectivity index (χ4n) is 10.2. The fraction of sp³-hybridized carbons (Fsp3) is 0.377. The van der Waals surface area contributed by atoms with Crippen LogP contribution in [0, 0.1) is 0 Å². The molecule has 0 saturated carbocycles. The Bertz CT molecular complexity index is 4320. The van der Waals surface area contributed by atoms with Gasteiger partial charge >= 0.3 is 23.0 Å². The molecule has 3 aromatic heterocycles. The second kappa shape index (κ2) is 49.6. The van der Waals surface area contributed by atoms with Crippen LogP contribution < -0.4 is 31.3 Å². The number of amides is 3. The number of nitrogens with zero attached hydrogens (tertiary/aromatic N) is 10. The topological polar surface area (TPSA) is 366 Å². The van der Waals surface area contributed by atoms with Gasteiger partial charge in [-0.2, -0.15) is 0 Å². The van der Waals surface area contributed by atoms with Crippen molar-refractivity contribution < 1.29 is 85.7 Å². The zero-order valence-corrected chi connectivity index (χ0v) is 68.0. The van der Waals surface area contributed by atoms with Crippen molar-refractivity contribution in [3.05, 3.63) is 158 Å². The second-order valence-electron chi connectivity index (χ2n) is 23.4. The molecule has 8 bridgehead atoms. The van der Waals surface area contributed by atoms with Crippen LogP contribution in [0.3, 0.4) is 0 Å². The van der Waals surface area contributed by atoms with Gasteiger partial charge in [0.2, 0.25) is 11.8 Å². The molecule has 110 heavy (non-hydrogen) atoms. The molecule has 11 rings (SSSR count). The maximum Gasteiger partial charge on any atom is 2.00 e. The molecule has 4 unspecified atom stereocenters. The summed E-state index contributed by atoms with van der Waals surface area (Å²) in [6, 6.07) is 51.4. The summed E-state index contributed by atoms with van der Waals surface area (Å²) in [5.74, 6) is 2.48. The summed E-state index contributed by atoms with van der Waals surface area (Å²) in [5.41, 5.74) is 13.5. The summed E-state index contributed by atoms with van der Waals surface area (Å²) >= 11 is 2.39. The Morgan fingerprint density at radius 3 is 1.20 bits per heavy atom. The number of para-hydroxylation sites is 2. The van der Waals surface area contributed by atoms with Crippen molar-refractivity contribution in [1.82, 2.24) is 55.0 Å². The van der Waals surface area contributed by atoms with Gasteiger partial charge in [-0.05, 0) is 118 Å². The van der Waals surface area contributed by atoms with E-state index in [0.717, 1.165) is 55.2 Å². The van der Waals surface area contributed by atoms with Crippen LogP contribution in [-0.4, -0.2) is 222 Å². The summed E-state index contributed by atoms with van der Waals surface area (Å²) in [6.07, 6.45) is 4.88. The molecule has 5 N–H and O–H groups in total. The third kappa shape index (κ3) is 30.2. The molecule has 6 aromatic carbocycles. The Balaban J connectivity index is 0.000000263. The molecular weight excluding hydrogens is 1540 g/mol. The summed E-state index contributed by atoms with van der Waals surface area (Å²) in [5, 5.41) is 8.83. The van der Waals surface area contributed by atoms with E-state index in [2.05, 4.69) is 15.6 Å². The zero-order valence-electron chi connectivity index (χ0n) is 63.8. The van der Waals surface area contributed by atoms with Gasteiger partial charge in [0.05, 0.1) is 77.8 Å². The van der Waals surface area contributed by atoms with Crippen LogP contribution in [0.4, 0.5) is 11.4 Å². The molecule has 3 amide bonds. The second-order valence-corrected chi connectivity index (χ2v) is 27.6. The van der Waals surface area contributed by atoms with E-state index in [4.69, 9.17) is 90.6 Å². The van der Waals surface area contributed by atoms with Crippen molar-refractivity contribution in [3.63, 3.8) is 0 Å². The van der Waals surface area contributed by atoms with Crippen molar-refractivity contribution in [2.24, 2.45) is 5.73 Å². The molecule has 0 aliphatic carbocycles. The number of methoxy groups -OCH3 is 1. The SMILES string of the molecule is CCOCCN(CCOCC)C(=O)C(C)OSC.CCOCCN(CCOCC)C(=O)C(C)S(C)=O.COCCNC(=O)C(C)OSC.CS(=O)(=O)[O-].NC(Nc1ccccc1)=[NH+]c1ccccc1.[Cu+2].c1ccc2c(c1)-c1nc-2nc2[n-]c(nc3nc(nc4[n-]c(n1)c1ccccc41)-c1ccccc1-3)c1ccccc21. The first-order valence-corrected chi connectivity index (χ1v) is 40.9. The molecule has 1 radical (unpaired) electrons. The van der Waals surface area contributed by atoms with Gasteiger partial charge in [-0.1, -0.05) is 133 Å². The van der Waals surface area contributed by atoms with Crippen LogP contribution >= 0.6 is 24.1 Å². The van der Waals surface area contributed by atoms with Crippen molar-refractivity contribution in [2.45, 2.75) is 65.9 Å². The molecule has 2 aliphatic rings. The maximum atomic E-state index is 12.1. The number of guanidine groups is 1. The number of nitrogens with two attached hydrogens (primary N) is 1. The van der Waals surface area contributed by atoms with Gasteiger partial charge in [-0.15, -0.1) is 0 Å². The number of rotatable bonds is 29. The van der Waals surface area contributed by atoms with Crippen molar-refractivity contribution in [1.29, 1.82) is 0 Å². The Morgan fingerprint density at radius 1 is 0.536 bits per heavy atom. The minimum Gasteiger partial charge on any atom is -0.748 e. The van der Waals surface area contributed by atoms with Gasteiger partial charge in [0.1, 0.15) is 17.5 Å². The number of hydrogen-bond donors (Lipinski definition) is 4. The number of nitrogens with one attached hydrogen (secondary N) is 3. The standard InChI is InChI=1S/C32H16N8.C13H13N3.2C12H25NO4S.C7H15NO3S.CH4O3S.Cu/c1-2-10-18-17(9-1)25-33-26(18)38-28-21-13-5-6-14-22(21)30(35-28)40-32-24-16-8-7-15-23(24)31(36-32)39-29-20-12-4-3-11-19(20)27(34-29)37-25;14-13(15-11-7-3-1-4-8-11)16-12-9-5-2-6-10-12;1-5-16-9-7-13(8-10-17-6-2)12(14)11(3)18(4)15;1-5-15-9-7-13(8-10-16-6-2)12(14)11(3)17-18-4;1-6(11-12-3)7(9)8-4-5-10-2;1-5(2,3)4;/h1-16H;1-10H,(H3,14,15,16);2*11H,5-10H2,1-4H3;6H,4-5H2,1-3H3,(H,8,9);1H3,(H,2,3,4);/q-2;;;;;;+2. The predicted molar refractivity (Wildman–Crippen MR) is 432 cm³/mol. The Labute approximate surface area is 665 Å². The van der Waals surface area contributed by atoms with Gasteiger partial charge in [0, 0.05) is 147 Å². The smallest absolute Gasteiger partial charge is 0.748 e. The van der Waals surface area contributed by atoms with E-state index < -0.39 is 38.4 Å². The van der Waals surface area contributed by atoms with Crippen molar-refractivity contribution in [3.8, 4) is 45.6 Å². The van der Waals surface area contributed by atoms with E-state index in [1.807, 2.05) is 185 Å². The molecule has 0 spiro atoms. The average molecular weight is 1640 g/mol. The predicted octanol–water partition coefficient (Wildman–Crippen LogP) is 8.77. The number of carbonyl (C=O) groups is 3. The van der Waals surface area contributed by atoms with Crippen LogP contribution in [0.5, 0.6) is 0 Å². The third-order valence-corrected chi connectivity index (χ3v) is 17.7. The molecule has 595 valence electrons. The van der Waals surface area contributed by atoms with Crippen LogP contribution in [-0.2, 0) is 84.4 Å². The number of benzene rings is 6. The van der Waals surface area contributed by atoms with Gasteiger partial charge in [-0.3, -0.25) is 24.3 Å². The van der Waals surface area contributed by atoms with E-state index in [0.29, 0.717) is 150 Å². The Kier molecular flexibility index (Phi) is 41.5. The summed E-state index contributed by atoms with van der Waals surface area (Å²) in [4.78, 5) is 81.0. The molecule has 4 atom stereocenters. The number of ether oxygens (including phenoxy) is 5. The fourth-order valence-corrected chi connectivity index (χ4v) is 11.4. The Morgan fingerprint density at radius 2 is 0.864 bits per heavy atom. The third-order valence-electron chi connectivity index (χ3n) is 15.5. The number of hydrogen-bond acceptors (Lipinski definition) is 22. The van der Waals surface area contributed by atoms with Crippen LogP contribution in [0.1, 0.15) is 48.5 Å². The molecule has 5 heterocycles. The molecule has 0 fully saturated rings. The van der Waals surface area contributed by atoms with Crippen LogP contribution in [0.2, 0.25) is 0 Å². The zero-order chi connectivity index (χ0) is 79.1. The van der Waals surface area contributed by atoms with Gasteiger partial charge in [0.15, 0.2) is 0 Å². The number of anilines is 1. The maximum absolute atomic E-state index is 12.1. The minimum atomic E-state index is -3.92. The monoisotopic (exact) mass is 1630 g/mol. The molecule has 2 aliphatic heterocycles.